The highest BCUT2D eigenvalue weighted by atomic mass is 16.2. The monoisotopic (exact) mass is 286 g/mol. The van der Waals surface area contributed by atoms with E-state index in [-0.39, 0.29) is 29.7 Å². The lowest BCUT2D eigenvalue weighted by atomic mass is 9.68. The number of fused-ring (bicyclic) bond motifs is 1. The Morgan fingerprint density at radius 1 is 1.29 bits per heavy atom. The van der Waals surface area contributed by atoms with Gasteiger partial charge in [0.1, 0.15) is 6.54 Å². The van der Waals surface area contributed by atoms with Crippen LogP contribution in [0.15, 0.2) is 24.3 Å². The topological polar surface area (TPSA) is 49.4 Å². The Hall–Kier alpha value is -1.84. The summed E-state index contributed by atoms with van der Waals surface area (Å²) in [4.78, 5) is 26.6. The molecule has 1 atom stereocenters. The highest BCUT2D eigenvalue weighted by Crippen LogP contribution is 2.43. The first kappa shape index (κ1) is 14.1. The Morgan fingerprint density at radius 2 is 2.05 bits per heavy atom. The molecule has 0 aromatic heterocycles. The Balaban J connectivity index is 1.93. The number of para-hydroxylation sites is 2. The number of hydrogen-bond acceptors (Lipinski definition) is 2. The van der Waals surface area contributed by atoms with Crippen molar-refractivity contribution >= 4 is 23.2 Å². The smallest absolute Gasteiger partial charge is 0.244 e. The van der Waals surface area contributed by atoms with Crippen LogP contribution in [-0.2, 0) is 9.59 Å². The number of amides is 2. The summed E-state index contributed by atoms with van der Waals surface area (Å²) in [7, 11) is 0. The van der Waals surface area contributed by atoms with E-state index in [1.165, 1.54) is 6.42 Å². The number of anilines is 2. The molecule has 112 valence electrons. The van der Waals surface area contributed by atoms with Crippen LogP contribution in [0.25, 0.3) is 0 Å². The fraction of sp³-hybridized carbons (Fsp3) is 0.529. The molecule has 1 aromatic rings. The van der Waals surface area contributed by atoms with Gasteiger partial charge in [0, 0.05) is 5.92 Å². The lowest BCUT2D eigenvalue weighted by molar-refractivity contribution is -0.129. The molecule has 1 unspecified atom stereocenters. The van der Waals surface area contributed by atoms with E-state index in [9.17, 15) is 9.59 Å². The fourth-order valence-corrected chi connectivity index (χ4v) is 3.57. The average Bonchev–Trinajstić information content (AvgIpc) is 2.45. The maximum Gasteiger partial charge on any atom is 0.244 e. The van der Waals surface area contributed by atoms with Gasteiger partial charge >= 0.3 is 0 Å². The zero-order chi connectivity index (χ0) is 15.0. The third kappa shape index (κ3) is 2.55. The number of nitrogens with one attached hydrogen (secondary N) is 1. The molecule has 1 saturated carbocycles. The van der Waals surface area contributed by atoms with Crippen molar-refractivity contribution in [2.24, 2.45) is 11.3 Å². The first-order chi connectivity index (χ1) is 9.99. The van der Waals surface area contributed by atoms with Crippen molar-refractivity contribution in [1.29, 1.82) is 0 Å². The molecule has 1 fully saturated rings. The van der Waals surface area contributed by atoms with Gasteiger partial charge in [-0.15, -0.1) is 0 Å². The predicted octanol–water partition coefficient (Wildman–Crippen LogP) is 3.19. The van der Waals surface area contributed by atoms with Gasteiger partial charge in [0.2, 0.25) is 11.8 Å². The van der Waals surface area contributed by atoms with Crippen LogP contribution in [0.1, 0.15) is 39.5 Å². The van der Waals surface area contributed by atoms with E-state index in [1.807, 2.05) is 24.3 Å². The van der Waals surface area contributed by atoms with Crippen LogP contribution < -0.4 is 10.2 Å². The normalized spacial score (nSPS) is 24.2. The van der Waals surface area contributed by atoms with Crippen LogP contribution in [0.5, 0.6) is 0 Å². The van der Waals surface area contributed by atoms with Crippen molar-refractivity contribution < 1.29 is 9.59 Å². The van der Waals surface area contributed by atoms with Crippen molar-refractivity contribution in [2.75, 3.05) is 16.8 Å². The predicted molar refractivity (Wildman–Crippen MR) is 83.2 cm³/mol. The van der Waals surface area contributed by atoms with Crippen LogP contribution in [0.3, 0.4) is 0 Å². The lowest BCUT2D eigenvalue weighted by Crippen LogP contribution is -2.48. The van der Waals surface area contributed by atoms with E-state index in [2.05, 4.69) is 19.2 Å². The summed E-state index contributed by atoms with van der Waals surface area (Å²) < 4.78 is 0. The molecule has 4 nitrogen and oxygen atoms in total. The molecule has 1 N–H and O–H groups in total. The summed E-state index contributed by atoms with van der Waals surface area (Å²) >= 11 is 0. The van der Waals surface area contributed by atoms with Crippen molar-refractivity contribution in [2.45, 2.75) is 39.5 Å². The second-order valence-electron chi connectivity index (χ2n) is 6.78. The number of nitrogens with zero attached hydrogens (tertiary/aromatic N) is 1. The second kappa shape index (κ2) is 5.17. The van der Waals surface area contributed by atoms with E-state index < -0.39 is 0 Å². The number of carbonyl (C=O) groups is 2. The summed E-state index contributed by atoms with van der Waals surface area (Å²) in [6, 6.07) is 7.53. The SMILES string of the molecule is CC1(C)CCCCC1C(=O)N1CC(=O)Nc2ccccc21. The van der Waals surface area contributed by atoms with Gasteiger partial charge in [-0.05, 0) is 30.4 Å². The average molecular weight is 286 g/mol. The summed E-state index contributed by atoms with van der Waals surface area (Å²) in [5, 5.41) is 2.84. The Labute approximate surface area is 125 Å². The molecular weight excluding hydrogens is 264 g/mol. The van der Waals surface area contributed by atoms with Gasteiger partial charge in [-0.3, -0.25) is 9.59 Å². The molecule has 1 aliphatic heterocycles. The third-order valence-electron chi connectivity index (χ3n) is 4.84. The minimum absolute atomic E-state index is 0.00482. The van der Waals surface area contributed by atoms with Crippen molar-refractivity contribution in [3.8, 4) is 0 Å². The van der Waals surface area contributed by atoms with Gasteiger partial charge < -0.3 is 10.2 Å². The van der Waals surface area contributed by atoms with Gasteiger partial charge in [-0.25, -0.2) is 0 Å². The Bertz CT molecular complexity index is 580. The summed E-state index contributed by atoms with van der Waals surface area (Å²) in [5.41, 5.74) is 1.57. The number of hydrogen-bond donors (Lipinski definition) is 1. The van der Waals surface area contributed by atoms with Gasteiger partial charge in [0.05, 0.1) is 11.4 Å². The number of rotatable bonds is 1. The molecule has 1 aromatic carbocycles. The zero-order valence-corrected chi connectivity index (χ0v) is 12.7. The molecule has 1 heterocycles. The molecular formula is C17H22N2O2. The Kier molecular flexibility index (Phi) is 3.47. The summed E-state index contributed by atoms with van der Waals surface area (Å²) in [6.45, 7) is 4.47. The van der Waals surface area contributed by atoms with E-state index in [0.29, 0.717) is 0 Å². The van der Waals surface area contributed by atoms with E-state index in [1.54, 1.807) is 4.90 Å². The highest BCUT2D eigenvalue weighted by molar-refractivity contribution is 6.10. The molecule has 1 aliphatic carbocycles. The van der Waals surface area contributed by atoms with Crippen molar-refractivity contribution in [1.82, 2.24) is 0 Å². The van der Waals surface area contributed by atoms with Gasteiger partial charge in [0.25, 0.3) is 0 Å². The molecule has 2 aliphatic rings. The van der Waals surface area contributed by atoms with E-state index >= 15 is 0 Å². The first-order valence-electron chi connectivity index (χ1n) is 7.69. The maximum absolute atomic E-state index is 13.0. The largest absolute Gasteiger partial charge is 0.323 e. The van der Waals surface area contributed by atoms with Gasteiger partial charge in [0.15, 0.2) is 0 Å². The molecule has 21 heavy (non-hydrogen) atoms. The maximum atomic E-state index is 13.0. The third-order valence-corrected chi connectivity index (χ3v) is 4.84. The number of carbonyl (C=O) groups excluding carboxylic acids is 2. The van der Waals surface area contributed by atoms with E-state index in [4.69, 9.17) is 0 Å². The minimum atomic E-state index is -0.115. The van der Waals surface area contributed by atoms with Crippen molar-refractivity contribution in [3.05, 3.63) is 24.3 Å². The first-order valence-corrected chi connectivity index (χ1v) is 7.69. The number of benzene rings is 1. The molecule has 0 radical (unpaired) electrons. The molecule has 0 spiro atoms. The van der Waals surface area contributed by atoms with Crippen LogP contribution >= 0.6 is 0 Å². The molecule has 0 bridgehead atoms. The molecule has 3 rings (SSSR count). The van der Waals surface area contributed by atoms with Crippen LogP contribution in [0.4, 0.5) is 11.4 Å². The lowest BCUT2D eigenvalue weighted by Gasteiger charge is -2.41. The van der Waals surface area contributed by atoms with E-state index in [0.717, 1.165) is 30.6 Å². The molecule has 0 saturated heterocycles. The summed E-state index contributed by atoms with van der Waals surface area (Å²) in [5.74, 6) is -0.0112. The standard InChI is InChI=1S/C17H22N2O2/c1-17(2)10-6-5-7-12(17)16(21)19-11-15(20)18-13-8-3-4-9-14(13)19/h3-4,8-9,12H,5-7,10-11H2,1-2H3,(H,18,20). The van der Waals surface area contributed by atoms with Crippen LogP contribution in [0, 0.1) is 11.3 Å². The zero-order valence-electron chi connectivity index (χ0n) is 12.7. The summed E-state index contributed by atoms with van der Waals surface area (Å²) in [6.07, 6.45) is 4.28. The van der Waals surface area contributed by atoms with Crippen molar-refractivity contribution in [3.63, 3.8) is 0 Å². The highest BCUT2D eigenvalue weighted by Gasteiger charge is 2.41. The van der Waals surface area contributed by atoms with Crippen LogP contribution in [0.2, 0.25) is 0 Å². The Morgan fingerprint density at radius 3 is 2.81 bits per heavy atom. The molecule has 2 amide bonds. The second-order valence-corrected chi connectivity index (χ2v) is 6.78. The van der Waals surface area contributed by atoms with Gasteiger partial charge in [-0.1, -0.05) is 38.8 Å². The van der Waals surface area contributed by atoms with Gasteiger partial charge in [-0.2, -0.15) is 0 Å². The van der Waals surface area contributed by atoms with Crippen LogP contribution in [-0.4, -0.2) is 18.4 Å². The fourth-order valence-electron chi connectivity index (χ4n) is 3.57. The minimum Gasteiger partial charge on any atom is -0.323 e. The molecule has 4 heteroatoms. The quantitative estimate of drug-likeness (QED) is 0.862.